The van der Waals surface area contributed by atoms with Crippen molar-refractivity contribution in [3.8, 4) is 11.4 Å². The van der Waals surface area contributed by atoms with Crippen molar-refractivity contribution in [1.29, 1.82) is 0 Å². The van der Waals surface area contributed by atoms with Gasteiger partial charge in [-0.05, 0) is 51.1 Å². The summed E-state index contributed by atoms with van der Waals surface area (Å²) in [6.45, 7) is 5.56. The molecule has 118 valence electrons. The third-order valence-electron chi connectivity index (χ3n) is 3.66. The van der Waals surface area contributed by atoms with Gasteiger partial charge in [-0.15, -0.1) is 0 Å². The van der Waals surface area contributed by atoms with Crippen molar-refractivity contribution in [2.24, 2.45) is 0 Å². The van der Waals surface area contributed by atoms with E-state index in [-0.39, 0.29) is 18.6 Å². The van der Waals surface area contributed by atoms with E-state index >= 15 is 0 Å². The lowest BCUT2D eigenvalue weighted by atomic mass is 10.2. The smallest absolute Gasteiger partial charge is 0.253 e. The van der Waals surface area contributed by atoms with Crippen molar-refractivity contribution in [2.75, 3.05) is 13.7 Å². The van der Waals surface area contributed by atoms with Crippen LogP contribution in [0, 0.1) is 13.8 Å². The minimum atomic E-state index is -0.267. The third kappa shape index (κ3) is 3.14. The summed E-state index contributed by atoms with van der Waals surface area (Å²) >= 11 is 0. The summed E-state index contributed by atoms with van der Waals surface area (Å²) in [5.74, 6) is 0.621. The number of carbonyl (C=O) groups is 1. The molecule has 1 unspecified atom stereocenters. The van der Waals surface area contributed by atoms with Gasteiger partial charge in [0.1, 0.15) is 5.75 Å². The standard InChI is InChI=1S/C17H22N2O3/c1-11(10-20)18-17(21)16-9-12(2)19(13(16)3)14-5-7-15(22-4)8-6-14/h5-9,11,20H,10H2,1-4H3,(H,18,21). The molecule has 1 aromatic carbocycles. The Labute approximate surface area is 130 Å². The first-order chi connectivity index (χ1) is 10.5. The van der Waals surface area contributed by atoms with Crippen LogP contribution in [0.25, 0.3) is 5.69 Å². The molecular weight excluding hydrogens is 280 g/mol. The lowest BCUT2D eigenvalue weighted by Crippen LogP contribution is -2.35. The quantitative estimate of drug-likeness (QED) is 0.890. The molecule has 2 aromatic rings. The van der Waals surface area contributed by atoms with Crippen molar-refractivity contribution in [1.82, 2.24) is 9.88 Å². The van der Waals surface area contributed by atoms with Gasteiger partial charge in [-0.25, -0.2) is 0 Å². The first-order valence-corrected chi connectivity index (χ1v) is 7.23. The normalized spacial score (nSPS) is 12.0. The fourth-order valence-corrected chi connectivity index (χ4v) is 2.47. The zero-order valence-corrected chi connectivity index (χ0v) is 13.4. The molecule has 0 aliphatic rings. The lowest BCUT2D eigenvalue weighted by molar-refractivity contribution is 0.0921. The van der Waals surface area contributed by atoms with Gasteiger partial charge in [0.25, 0.3) is 5.91 Å². The zero-order valence-electron chi connectivity index (χ0n) is 13.4. The number of aryl methyl sites for hydroxylation is 1. The summed E-state index contributed by atoms with van der Waals surface area (Å²) in [5, 5.41) is 11.8. The van der Waals surface area contributed by atoms with E-state index in [9.17, 15) is 4.79 Å². The molecule has 0 radical (unpaired) electrons. The van der Waals surface area contributed by atoms with Gasteiger partial charge in [-0.3, -0.25) is 4.79 Å². The number of hydrogen-bond donors (Lipinski definition) is 2. The molecule has 0 saturated carbocycles. The second-order valence-electron chi connectivity index (χ2n) is 5.38. The van der Waals surface area contributed by atoms with Crippen LogP contribution in [0.15, 0.2) is 30.3 Å². The van der Waals surface area contributed by atoms with Crippen LogP contribution in [0.1, 0.15) is 28.7 Å². The Bertz CT molecular complexity index is 659. The van der Waals surface area contributed by atoms with E-state index < -0.39 is 0 Å². The van der Waals surface area contributed by atoms with Crippen LogP contribution in [0.4, 0.5) is 0 Å². The Hall–Kier alpha value is -2.27. The molecule has 0 aliphatic carbocycles. The van der Waals surface area contributed by atoms with Crippen LogP contribution in [-0.2, 0) is 0 Å². The summed E-state index contributed by atoms with van der Waals surface area (Å²) in [5.41, 5.74) is 3.44. The molecule has 1 aromatic heterocycles. The van der Waals surface area contributed by atoms with E-state index in [0.717, 1.165) is 22.8 Å². The number of hydrogen-bond acceptors (Lipinski definition) is 3. The maximum Gasteiger partial charge on any atom is 0.253 e. The maximum atomic E-state index is 12.3. The van der Waals surface area contributed by atoms with Crippen molar-refractivity contribution in [2.45, 2.75) is 26.8 Å². The monoisotopic (exact) mass is 302 g/mol. The molecule has 5 nitrogen and oxygen atoms in total. The number of amides is 1. The van der Waals surface area contributed by atoms with Gasteiger partial charge >= 0.3 is 0 Å². The molecule has 0 aliphatic heterocycles. The average molecular weight is 302 g/mol. The molecular formula is C17H22N2O3. The van der Waals surface area contributed by atoms with Gasteiger partial charge in [-0.1, -0.05) is 0 Å². The number of ether oxygens (including phenoxy) is 1. The Morgan fingerprint density at radius 2 is 1.95 bits per heavy atom. The van der Waals surface area contributed by atoms with E-state index in [0.29, 0.717) is 5.56 Å². The van der Waals surface area contributed by atoms with Crippen LogP contribution < -0.4 is 10.1 Å². The van der Waals surface area contributed by atoms with Crippen molar-refractivity contribution in [3.63, 3.8) is 0 Å². The largest absolute Gasteiger partial charge is 0.497 e. The number of aliphatic hydroxyl groups excluding tert-OH is 1. The minimum absolute atomic E-state index is 0.0804. The van der Waals surface area contributed by atoms with Crippen molar-refractivity contribution in [3.05, 3.63) is 47.3 Å². The molecule has 1 atom stereocenters. The number of methoxy groups -OCH3 is 1. The van der Waals surface area contributed by atoms with Gasteiger partial charge in [0, 0.05) is 23.1 Å². The van der Waals surface area contributed by atoms with Crippen molar-refractivity contribution >= 4 is 5.91 Å². The van der Waals surface area contributed by atoms with Crippen molar-refractivity contribution < 1.29 is 14.6 Å². The van der Waals surface area contributed by atoms with E-state index in [2.05, 4.69) is 5.32 Å². The third-order valence-corrected chi connectivity index (χ3v) is 3.66. The molecule has 0 spiro atoms. The fourth-order valence-electron chi connectivity index (χ4n) is 2.47. The maximum absolute atomic E-state index is 12.3. The van der Waals surface area contributed by atoms with Gasteiger partial charge in [0.05, 0.1) is 19.3 Å². The van der Waals surface area contributed by atoms with Gasteiger partial charge in [0.2, 0.25) is 0 Å². The van der Waals surface area contributed by atoms with Gasteiger partial charge in [0.15, 0.2) is 0 Å². The molecule has 2 rings (SSSR count). The molecule has 1 amide bonds. The highest BCUT2D eigenvalue weighted by molar-refractivity contribution is 5.96. The summed E-state index contributed by atoms with van der Waals surface area (Å²) in [6.07, 6.45) is 0. The second kappa shape index (κ2) is 6.66. The average Bonchev–Trinajstić information content (AvgIpc) is 2.82. The number of carbonyl (C=O) groups excluding carboxylic acids is 1. The zero-order chi connectivity index (χ0) is 16.3. The van der Waals surface area contributed by atoms with Crippen LogP contribution in [0.3, 0.4) is 0 Å². The van der Waals surface area contributed by atoms with Gasteiger partial charge in [-0.2, -0.15) is 0 Å². The van der Waals surface area contributed by atoms with Crippen LogP contribution in [-0.4, -0.2) is 35.3 Å². The molecule has 0 fully saturated rings. The Morgan fingerprint density at radius 3 is 2.50 bits per heavy atom. The first-order valence-electron chi connectivity index (χ1n) is 7.23. The van der Waals surface area contributed by atoms with Crippen LogP contribution >= 0.6 is 0 Å². The summed E-state index contributed by atoms with van der Waals surface area (Å²) in [6, 6.07) is 9.28. The molecule has 0 bridgehead atoms. The number of aromatic nitrogens is 1. The summed E-state index contributed by atoms with van der Waals surface area (Å²) in [4.78, 5) is 12.3. The van der Waals surface area contributed by atoms with Crippen LogP contribution in [0.5, 0.6) is 5.75 Å². The number of rotatable bonds is 5. The van der Waals surface area contributed by atoms with Crippen LogP contribution in [0.2, 0.25) is 0 Å². The predicted molar refractivity (Wildman–Crippen MR) is 85.8 cm³/mol. The highest BCUT2D eigenvalue weighted by Gasteiger charge is 2.17. The number of nitrogens with zero attached hydrogens (tertiary/aromatic N) is 1. The predicted octanol–water partition coefficient (Wildman–Crippen LogP) is 2.21. The Kier molecular flexibility index (Phi) is 4.88. The van der Waals surface area contributed by atoms with E-state index in [4.69, 9.17) is 9.84 Å². The summed E-state index contributed by atoms with van der Waals surface area (Å²) < 4.78 is 7.19. The topological polar surface area (TPSA) is 63.5 Å². The highest BCUT2D eigenvalue weighted by atomic mass is 16.5. The number of aliphatic hydroxyl groups is 1. The van der Waals surface area contributed by atoms with E-state index in [1.807, 2.05) is 48.7 Å². The molecule has 2 N–H and O–H groups in total. The number of nitrogens with one attached hydrogen (secondary N) is 1. The summed E-state index contributed by atoms with van der Waals surface area (Å²) in [7, 11) is 1.63. The first kappa shape index (κ1) is 16.1. The molecule has 0 saturated heterocycles. The fraction of sp³-hybridized carbons (Fsp3) is 0.353. The SMILES string of the molecule is COc1ccc(-n2c(C)cc(C(=O)NC(C)CO)c2C)cc1. The highest BCUT2D eigenvalue weighted by Crippen LogP contribution is 2.22. The lowest BCUT2D eigenvalue weighted by Gasteiger charge is -2.12. The van der Waals surface area contributed by atoms with E-state index in [1.54, 1.807) is 14.0 Å². The number of benzene rings is 1. The molecule has 1 heterocycles. The van der Waals surface area contributed by atoms with Gasteiger partial charge < -0.3 is 19.7 Å². The molecule has 22 heavy (non-hydrogen) atoms. The Balaban J connectivity index is 2.35. The second-order valence-corrected chi connectivity index (χ2v) is 5.38. The minimum Gasteiger partial charge on any atom is -0.497 e. The van der Waals surface area contributed by atoms with E-state index in [1.165, 1.54) is 0 Å². The molecule has 5 heteroatoms. The Morgan fingerprint density at radius 1 is 1.32 bits per heavy atom.